The maximum Gasteiger partial charge on any atom is 0.275 e. The van der Waals surface area contributed by atoms with Gasteiger partial charge < -0.3 is 15.2 Å². The topological polar surface area (TPSA) is 128 Å². The average Bonchev–Trinajstić information content (AvgIpc) is 2.56. The highest BCUT2D eigenvalue weighted by Crippen LogP contribution is 2.15. The minimum Gasteiger partial charge on any atom is -0.543 e. The van der Waals surface area contributed by atoms with E-state index in [9.17, 15) is 24.8 Å². The van der Waals surface area contributed by atoms with Gasteiger partial charge in [0.2, 0.25) is 5.91 Å². The molecule has 1 heterocycles. The number of nitrogens with one attached hydrogen (secondary N) is 1. The first-order valence-corrected chi connectivity index (χ1v) is 7.63. The molecule has 0 aliphatic carbocycles. The molecule has 0 saturated carbocycles. The molecule has 0 bridgehead atoms. The highest BCUT2D eigenvalue weighted by Gasteiger charge is 2.30. The zero-order chi connectivity index (χ0) is 18.8. The first-order valence-electron chi connectivity index (χ1n) is 7.63. The van der Waals surface area contributed by atoms with E-state index in [1.54, 1.807) is 32.9 Å². The number of nitrogens with zero attached hydrogens (tertiary/aromatic N) is 3. The fourth-order valence-electron chi connectivity index (χ4n) is 2.26. The van der Waals surface area contributed by atoms with Crippen molar-refractivity contribution < 1.29 is 14.7 Å². The molecule has 0 aliphatic heterocycles. The zero-order valence-corrected chi connectivity index (χ0v) is 14.1. The van der Waals surface area contributed by atoms with E-state index >= 15 is 0 Å². The molecular weight excluding hydrogens is 324 g/mol. The van der Waals surface area contributed by atoms with Crippen LogP contribution in [0.1, 0.15) is 31.3 Å². The summed E-state index contributed by atoms with van der Waals surface area (Å²) in [6.45, 7) is 4.61. The Kier molecular flexibility index (Phi) is 4.88. The monoisotopic (exact) mass is 341 g/mol. The fourth-order valence-corrected chi connectivity index (χ4v) is 2.26. The van der Waals surface area contributed by atoms with Crippen molar-refractivity contribution in [1.29, 1.82) is 5.26 Å². The number of nitriles is 1. The third-order valence-electron chi connectivity index (χ3n) is 4.14. The lowest BCUT2D eigenvalue weighted by atomic mass is 9.90. The van der Waals surface area contributed by atoms with Crippen LogP contribution in [0.2, 0.25) is 0 Å². The van der Waals surface area contributed by atoms with Crippen molar-refractivity contribution in [2.24, 2.45) is 5.92 Å². The molecule has 25 heavy (non-hydrogen) atoms. The molecule has 0 fully saturated rings. The first kappa shape index (κ1) is 18.1. The standard InChI is InChI=1S/C17H18N4O4/c1-10(2)17(3,9-18)19-13(22)8-21-15(23)12-7-5-4-6-11(12)14(20-21)16(24)25/h4-7,10H,8H2,1-3H3,(H,19,22)(H,24,25)/p-1/t17-/m1/s1. The Morgan fingerprint density at radius 1 is 1.36 bits per heavy atom. The van der Waals surface area contributed by atoms with Gasteiger partial charge in [-0.25, -0.2) is 4.68 Å². The SMILES string of the molecule is CC(C)[C@@](C)(C#N)NC(=O)Cn1nc(C(=O)[O-])c2ccccc2c1=O. The van der Waals surface area contributed by atoms with Crippen molar-refractivity contribution in [2.45, 2.75) is 32.9 Å². The Hall–Kier alpha value is -3.21. The molecule has 0 aliphatic rings. The maximum absolute atomic E-state index is 12.4. The smallest absolute Gasteiger partial charge is 0.275 e. The first-order chi connectivity index (χ1) is 11.7. The van der Waals surface area contributed by atoms with E-state index in [-0.39, 0.29) is 16.7 Å². The number of aromatic carboxylic acids is 1. The van der Waals surface area contributed by atoms with Crippen molar-refractivity contribution in [1.82, 2.24) is 15.1 Å². The molecule has 2 rings (SSSR count). The highest BCUT2D eigenvalue weighted by atomic mass is 16.4. The van der Waals surface area contributed by atoms with Crippen molar-refractivity contribution in [3.8, 4) is 6.07 Å². The molecule has 130 valence electrons. The minimum absolute atomic E-state index is 0.122. The highest BCUT2D eigenvalue weighted by molar-refractivity contribution is 6.00. The summed E-state index contributed by atoms with van der Waals surface area (Å²) < 4.78 is 0.765. The van der Waals surface area contributed by atoms with E-state index < -0.39 is 35.2 Å². The largest absolute Gasteiger partial charge is 0.543 e. The molecule has 1 atom stereocenters. The second-order valence-corrected chi connectivity index (χ2v) is 6.16. The van der Waals surface area contributed by atoms with E-state index in [1.165, 1.54) is 12.1 Å². The van der Waals surface area contributed by atoms with Gasteiger partial charge in [-0.2, -0.15) is 10.4 Å². The third kappa shape index (κ3) is 3.50. The molecule has 0 radical (unpaired) electrons. The van der Waals surface area contributed by atoms with Gasteiger partial charge >= 0.3 is 0 Å². The number of rotatable bonds is 5. The maximum atomic E-state index is 12.4. The van der Waals surface area contributed by atoms with Crippen LogP contribution in [0.3, 0.4) is 0 Å². The van der Waals surface area contributed by atoms with Gasteiger partial charge in [-0.3, -0.25) is 9.59 Å². The zero-order valence-electron chi connectivity index (χ0n) is 14.1. The van der Waals surface area contributed by atoms with Crippen LogP contribution in [0, 0.1) is 17.2 Å². The van der Waals surface area contributed by atoms with Crippen LogP contribution in [0.25, 0.3) is 10.8 Å². The lowest BCUT2D eigenvalue weighted by Crippen LogP contribution is -2.50. The van der Waals surface area contributed by atoms with Crippen molar-refractivity contribution in [3.05, 3.63) is 40.3 Å². The number of carbonyl (C=O) groups excluding carboxylic acids is 2. The van der Waals surface area contributed by atoms with E-state index in [1.807, 2.05) is 6.07 Å². The number of hydrogen-bond donors (Lipinski definition) is 1. The summed E-state index contributed by atoms with van der Waals surface area (Å²) in [7, 11) is 0. The van der Waals surface area contributed by atoms with Gasteiger partial charge in [0.25, 0.3) is 5.56 Å². The van der Waals surface area contributed by atoms with Crippen LogP contribution in [0.15, 0.2) is 29.1 Å². The van der Waals surface area contributed by atoms with Gasteiger partial charge in [0, 0.05) is 5.39 Å². The fraction of sp³-hybridized carbons (Fsp3) is 0.353. The normalized spacial score (nSPS) is 13.2. The van der Waals surface area contributed by atoms with Crippen LogP contribution in [0.5, 0.6) is 0 Å². The number of carboxylic acids is 1. The molecule has 0 saturated heterocycles. The summed E-state index contributed by atoms with van der Waals surface area (Å²) in [5.41, 5.74) is -2.14. The quantitative estimate of drug-likeness (QED) is 0.803. The van der Waals surface area contributed by atoms with Crippen LogP contribution in [0.4, 0.5) is 0 Å². The van der Waals surface area contributed by atoms with E-state index in [2.05, 4.69) is 10.4 Å². The summed E-state index contributed by atoms with van der Waals surface area (Å²) in [5, 5.41) is 27.1. The lowest BCUT2D eigenvalue weighted by Gasteiger charge is -2.27. The molecule has 0 unspecified atom stereocenters. The summed E-state index contributed by atoms with van der Waals surface area (Å²) in [4.78, 5) is 36.0. The Balaban J connectivity index is 2.44. The summed E-state index contributed by atoms with van der Waals surface area (Å²) in [6, 6.07) is 8.09. The second kappa shape index (κ2) is 6.73. The molecule has 1 aromatic carbocycles. The minimum atomic E-state index is -1.55. The van der Waals surface area contributed by atoms with Crippen LogP contribution < -0.4 is 16.0 Å². The Morgan fingerprint density at radius 3 is 2.48 bits per heavy atom. The van der Waals surface area contributed by atoms with Crippen LogP contribution in [-0.4, -0.2) is 27.2 Å². The predicted molar refractivity (Wildman–Crippen MR) is 87.3 cm³/mol. The number of carboxylic acid groups (broad SMARTS) is 1. The number of fused-ring (bicyclic) bond motifs is 1. The van der Waals surface area contributed by atoms with Gasteiger partial charge in [-0.1, -0.05) is 32.0 Å². The van der Waals surface area contributed by atoms with Crippen molar-refractivity contribution >= 4 is 22.6 Å². The van der Waals surface area contributed by atoms with E-state index in [0.717, 1.165) is 4.68 Å². The number of benzene rings is 1. The lowest BCUT2D eigenvalue weighted by molar-refractivity contribution is -0.255. The molecule has 1 aromatic heterocycles. The molecule has 2 aromatic rings. The van der Waals surface area contributed by atoms with Crippen molar-refractivity contribution in [3.63, 3.8) is 0 Å². The Labute approximate surface area is 143 Å². The number of aromatic nitrogens is 2. The Morgan fingerprint density at radius 2 is 1.96 bits per heavy atom. The van der Waals surface area contributed by atoms with E-state index in [0.29, 0.717) is 0 Å². The molecule has 1 amide bonds. The predicted octanol–water partition coefficient (Wildman–Crippen LogP) is -0.186. The summed E-state index contributed by atoms with van der Waals surface area (Å²) in [6.07, 6.45) is 0. The average molecular weight is 341 g/mol. The third-order valence-corrected chi connectivity index (χ3v) is 4.14. The number of carbonyl (C=O) groups is 2. The molecule has 8 nitrogen and oxygen atoms in total. The van der Waals surface area contributed by atoms with Crippen LogP contribution >= 0.6 is 0 Å². The Bertz CT molecular complexity index is 942. The summed E-state index contributed by atoms with van der Waals surface area (Å²) >= 11 is 0. The number of hydrogen-bond acceptors (Lipinski definition) is 6. The van der Waals surface area contributed by atoms with Crippen LogP contribution in [-0.2, 0) is 11.3 Å². The molecule has 8 heteroatoms. The summed E-state index contributed by atoms with van der Waals surface area (Å²) in [5.74, 6) is -2.33. The van der Waals surface area contributed by atoms with E-state index in [4.69, 9.17) is 0 Å². The van der Waals surface area contributed by atoms with Gasteiger partial charge in [-0.05, 0) is 18.9 Å². The van der Waals surface area contributed by atoms with Gasteiger partial charge in [0.15, 0.2) is 0 Å². The van der Waals surface area contributed by atoms with Gasteiger partial charge in [0.1, 0.15) is 17.8 Å². The number of amides is 1. The second-order valence-electron chi connectivity index (χ2n) is 6.16. The van der Waals surface area contributed by atoms with Gasteiger partial charge in [-0.15, -0.1) is 0 Å². The molecular formula is C17H17N4O4-. The van der Waals surface area contributed by atoms with Crippen molar-refractivity contribution in [2.75, 3.05) is 0 Å². The van der Waals surface area contributed by atoms with Gasteiger partial charge in [0.05, 0.1) is 17.4 Å². The molecule has 1 N–H and O–H groups in total. The molecule has 0 spiro atoms.